The molecule has 0 aliphatic carbocycles. The third-order valence-corrected chi connectivity index (χ3v) is 2.98. The van der Waals surface area contributed by atoms with Gasteiger partial charge in [0.25, 0.3) is 0 Å². The Morgan fingerprint density at radius 2 is 2.00 bits per heavy atom. The molecule has 0 saturated heterocycles. The van der Waals surface area contributed by atoms with Gasteiger partial charge in [0.15, 0.2) is 0 Å². The van der Waals surface area contributed by atoms with E-state index >= 15 is 0 Å². The van der Waals surface area contributed by atoms with Gasteiger partial charge in [0.05, 0.1) is 6.61 Å². The van der Waals surface area contributed by atoms with Crippen LogP contribution in [0.15, 0.2) is 24.3 Å². The van der Waals surface area contributed by atoms with Crippen molar-refractivity contribution in [3.8, 4) is 0 Å². The number of ether oxygens (including phenoxy) is 1. The molecular formula is C16H27NO. The molecule has 102 valence electrons. The molecule has 1 aromatic rings. The van der Waals surface area contributed by atoms with Crippen LogP contribution in [0.5, 0.6) is 0 Å². The van der Waals surface area contributed by atoms with E-state index < -0.39 is 0 Å². The lowest BCUT2D eigenvalue weighted by Gasteiger charge is -2.19. The quantitative estimate of drug-likeness (QED) is 0.763. The minimum atomic E-state index is 0.448. The Morgan fingerprint density at radius 3 is 2.61 bits per heavy atom. The Balaban J connectivity index is 2.59. The van der Waals surface area contributed by atoms with Crippen molar-refractivity contribution >= 4 is 0 Å². The van der Waals surface area contributed by atoms with Gasteiger partial charge in [0.2, 0.25) is 0 Å². The first-order chi connectivity index (χ1) is 8.63. The van der Waals surface area contributed by atoms with Gasteiger partial charge < -0.3 is 10.1 Å². The van der Waals surface area contributed by atoms with Gasteiger partial charge in [-0.05, 0) is 31.9 Å². The summed E-state index contributed by atoms with van der Waals surface area (Å²) >= 11 is 0. The topological polar surface area (TPSA) is 21.3 Å². The summed E-state index contributed by atoms with van der Waals surface area (Å²) in [5, 5.41) is 3.53. The van der Waals surface area contributed by atoms with Gasteiger partial charge in [-0.1, -0.05) is 43.7 Å². The number of hydrogen-bond donors (Lipinski definition) is 1. The second kappa shape index (κ2) is 8.28. The molecule has 0 radical (unpaired) electrons. The molecule has 0 heterocycles. The maximum Gasteiger partial charge on any atom is 0.0546 e. The van der Waals surface area contributed by atoms with Crippen molar-refractivity contribution in [1.82, 2.24) is 5.32 Å². The first-order valence-corrected chi connectivity index (χ1v) is 6.98. The van der Waals surface area contributed by atoms with E-state index in [4.69, 9.17) is 4.74 Å². The van der Waals surface area contributed by atoms with Crippen LogP contribution in [-0.4, -0.2) is 26.3 Å². The molecule has 2 nitrogen and oxygen atoms in total. The zero-order valence-electron chi connectivity index (χ0n) is 12.2. The van der Waals surface area contributed by atoms with E-state index in [2.05, 4.69) is 57.3 Å². The smallest absolute Gasteiger partial charge is 0.0546 e. The summed E-state index contributed by atoms with van der Waals surface area (Å²) in [6, 6.07) is 8.74. The van der Waals surface area contributed by atoms with Crippen molar-refractivity contribution in [2.24, 2.45) is 5.92 Å². The van der Waals surface area contributed by atoms with Gasteiger partial charge in [-0.2, -0.15) is 0 Å². The molecule has 2 heteroatoms. The predicted molar refractivity (Wildman–Crippen MR) is 78.1 cm³/mol. The molecule has 1 N–H and O–H groups in total. The van der Waals surface area contributed by atoms with E-state index in [1.54, 1.807) is 0 Å². The Morgan fingerprint density at radius 1 is 1.22 bits per heavy atom. The lowest BCUT2D eigenvalue weighted by molar-refractivity contribution is 0.131. The average Bonchev–Trinajstić information content (AvgIpc) is 2.33. The molecule has 0 aliphatic rings. The SMILES string of the molecule is CCOCC(CNCC(C)C)c1cccc(C)c1. The van der Waals surface area contributed by atoms with Crippen molar-refractivity contribution < 1.29 is 4.74 Å². The van der Waals surface area contributed by atoms with Crippen LogP contribution in [0.25, 0.3) is 0 Å². The van der Waals surface area contributed by atoms with E-state index in [1.807, 2.05) is 0 Å². The molecule has 0 saturated carbocycles. The number of aryl methyl sites for hydroxylation is 1. The standard InChI is InChI=1S/C16H27NO/c1-5-18-12-16(11-17-10-13(2)3)15-8-6-7-14(4)9-15/h6-9,13,16-17H,5,10-12H2,1-4H3. The predicted octanol–water partition coefficient (Wildman–Crippen LogP) is 3.36. The largest absolute Gasteiger partial charge is 0.381 e. The maximum atomic E-state index is 5.61. The van der Waals surface area contributed by atoms with Gasteiger partial charge in [-0.25, -0.2) is 0 Å². The second-order valence-corrected chi connectivity index (χ2v) is 5.32. The van der Waals surface area contributed by atoms with Crippen molar-refractivity contribution in [2.75, 3.05) is 26.3 Å². The van der Waals surface area contributed by atoms with E-state index in [9.17, 15) is 0 Å². The van der Waals surface area contributed by atoms with Gasteiger partial charge in [0.1, 0.15) is 0 Å². The third kappa shape index (κ3) is 5.65. The van der Waals surface area contributed by atoms with Crippen LogP contribution < -0.4 is 5.32 Å². The van der Waals surface area contributed by atoms with Crippen LogP contribution in [0, 0.1) is 12.8 Å². The molecule has 0 fully saturated rings. The molecule has 1 atom stereocenters. The van der Waals surface area contributed by atoms with E-state index in [-0.39, 0.29) is 0 Å². The first kappa shape index (κ1) is 15.2. The Kier molecular flexibility index (Phi) is 6.99. The normalized spacial score (nSPS) is 12.9. The lowest BCUT2D eigenvalue weighted by Crippen LogP contribution is -2.27. The van der Waals surface area contributed by atoms with Crippen molar-refractivity contribution in [3.63, 3.8) is 0 Å². The highest BCUT2D eigenvalue weighted by atomic mass is 16.5. The molecule has 0 spiro atoms. The molecule has 1 unspecified atom stereocenters. The van der Waals surface area contributed by atoms with Gasteiger partial charge in [0, 0.05) is 19.1 Å². The molecule has 1 aromatic carbocycles. The molecule has 0 bridgehead atoms. The number of rotatable bonds is 8. The zero-order valence-corrected chi connectivity index (χ0v) is 12.2. The fourth-order valence-electron chi connectivity index (χ4n) is 2.00. The maximum absolute atomic E-state index is 5.61. The van der Waals surface area contributed by atoms with Crippen LogP contribution in [0.4, 0.5) is 0 Å². The summed E-state index contributed by atoms with van der Waals surface area (Å²) < 4.78 is 5.61. The van der Waals surface area contributed by atoms with E-state index in [1.165, 1.54) is 11.1 Å². The summed E-state index contributed by atoms with van der Waals surface area (Å²) in [6.45, 7) is 12.3. The molecule has 0 aliphatic heterocycles. The molecule has 18 heavy (non-hydrogen) atoms. The second-order valence-electron chi connectivity index (χ2n) is 5.32. The Hall–Kier alpha value is -0.860. The lowest BCUT2D eigenvalue weighted by atomic mass is 9.98. The van der Waals surface area contributed by atoms with Gasteiger partial charge in [-0.15, -0.1) is 0 Å². The molecular weight excluding hydrogens is 222 g/mol. The molecule has 0 aromatic heterocycles. The minimum absolute atomic E-state index is 0.448. The van der Waals surface area contributed by atoms with Gasteiger partial charge in [-0.3, -0.25) is 0 Å². The van der Waals surface area contributed by atoms with Crippen LogP contribution in [0.2, 0.25) is 0 Å². The van der Waals surface area contributed by atoms with Crippen LogP contribution in [-0.2, 0) is 4.74 Å². The number of nitrogens with one attached hydrogen (secondary N) is 1. The van der Waals surface area contributed by atoms with Gasteiger partial charge >= 0.3 is 0 Å². The highest BCUT2D eigenvalue weighted by molar-refractivity contribution is 5.25. The van der Waals surface area contributed by atoms with E-state index in [0.29, 0.717) is 11.8 Å². The van der Waals surface area contributed by atoms with Crippen molar-refractivity contribution in [3.05, 3.63) is 35.4 Å². The highest BCUT2D eigenvalue weighted by Crippen LogP contribution is 2.17. The summed E-state index contributed by atoms with van der Waals surface area (Å²) in [5.74, 6) is 1.14. The average molecular weight is 249 g/mol. The third-order valence-electron chi connectivity index (χ3n) is 2.98. The number of benzene rings is 1. The van der Waals surface area contributed by atoms with Crippen LogP contribution in [0.1, 0.15) is 37.8 Å². The summed E-state index contributed by atoms with van der Waals surface area (Å²) in [4.78, 5) is 0. The van der Waals surface area contributed by atoms with E-state index in [0.717, 1.165) is 26.3 Å². The minimum Gasteiger partial charge on any atom is -0.381 e. The molecule has 0 amide bonds. The van der Waals surface area contributed by atoms with Crippen LogP contribution >= 0.6 is 0 Å². The summed E-state index contributed by atoms with van der Waals surface area (Å²) in [5.41, 5.74) is 2.69. The highest BCUT2D eigenvalue weighted by Gasteiger charge is 2.11. The van der Waals surface area contributed by atoms with Crippen LogP contribution in [0.3, 0.4) is 0 Å². The molecule has 1 rings (SSSR count). The summed E-state index contributed by atoms with van der Waals surface area (Å²) in [6.07, 6.45) is 0. The zero-order chi connectivity index (χ0) is 13.4. The Bertz CT molecular complexity index is 336. The van der Waals surface area contributed by atoms with Crippen molar-refractivity contribution in [2.45, 2.75) is 33.6 Å². The first-order valence-electron chi connectivity index (χ1n) is 6.98. The Labute approximate surface area is 112 Å². The number of hydrogen-bond acceptors (Lipinski definition) is 2. The summed E-state index contributed by atoms with van der Waals surface area (Å²) in [7, 11) is 0. The fourth-order valence-corrected chi connectivity index (χ4v) is 2.00. The monoisotopic (exact) mass is 249 g/mol. The van der Waals surface area contributed by atoms with Crippen molar-refractivity contribution in [1.29, 1.82) is 0 Å². The fraction of sp³-hybridized carbons (Fsp3) is 0.625.